The molecule has 8 nitrogen and oxygen atoms in total. The van der Waals surface area contributed by atoms with Crippen LogP contribution in [0.1, 0.15) is 26.4 Å². The van der Waals surface area contributed by atoms with Crippen LogP contribution in [0.4, 0.5) is 4.79 Å². The van der Waals surface area contributed by atoms with Gasteiger partial charge in [0.15, 0.2) is 0 Å². The number of carbonyl (C=O) groups is 3. The molecule has 2 aromatic carbocycles. The van der Waals surface area contributed by atoms with Crippen LogP contribution < -0.4 is 10.6 Å². The van der Waals surface area contributed by atoms with Gasteiger partial charge in [0.05, 0.1) is 10.0 Å². The highest BCUT2D eigenvalue weighted by Crippen LogP contribution is 2.27. The van der Waals surface area contributed by atoms with Gasteiger partial charge in [-0.15, -0.1) is 0 Å². The first kappa shape index (κ1) is 22.0. The first-order chi connectivity index (χ1) is 15.3. The largest absolute Gasteiger partial charge is 0.477 e. The average molecular weight is 475 g/mol. The van der Waals surface area contributed by atoms with Crippen LogP contribution in [-0.2, 0) is 6.54 Å². The van der Waals surface area contributed by atoms with Crippen molar-refractivity contribution >= 4 is 52.0 Å². The van der Waals surface area contributed by atoms with Gasteiger partial charge >= 0.3 is 12.0 Å². The Labute approximate surface area is 193 Å². The molecular weight excluding hydrogens is 455 g/mol. The fourth-order valence-electron chi connectivity index (χ4n) is 3.77. The third kappa shape index (κ3) is 4.37. The zero-order chi connectivity index (χ0) is 22.8. The minimum absolute atomic E-state index is 0.0556. The van der Waals surface area contributed by atoms with Crippen LogP contribution in [0.15, 0.2) is 42.5 Å². The van der Waals surface area contributed by atoms with E-state index in [-0.39, 0.29) is 24.2 Å². The normalized spacial score (nSPS) is 13.4. The van der Waals surface area contributed by atoms with Crippen LogP contribution in [0.2, 0.25) is 10.0 Å². The van der Waals surface area contributed by atoms with Crippen molar-refractivity contribution < 1.29 is 19.5 Å². The monoisotopic (exact) mass is 474 g/mol. The molecule has 0 saturated carbocycles. The molecule has 10 heteroatoms. The van der Waals surface area contributed by atoms with E-state index < -0.39 is 5.97 Å². The predicted molar refractivity (Wildman–Crippen MR) is 122 cm³/mol. The lowest BCUT2D eigenvalue weighted by atomic mass is 10.1. The fraction of sp³-hybridized carbons (Fsp3) is 0.227. The molecule has 0 atom stereocenters. The molecule has 3 N–H and O–H groups in total. The van der Waals surface area contributed by atoms with Crippen molar-refractivity contribution in [2.45, 2.75) is 6.54 Å². The van der Waals surface area contributed by atoms with Crippen molar-refractivity contribution in [3.63, 3.8) is 0 Å². The van der Waals surface area contributed by atoms with Crippen LogP contribution in [0.5, 0.6) is 0 Å². The van der Waals surface area contributed by atoms with Gasteiger partial charge in [0.2, 0.25) is 0 Å². The molecule has 4 rings (SSSR count). The molecule has 0 spiro atoms. The van der Waals surface area contributed by atoms with Gasteiger partial charge in [-0.1, -0.05) is 35.3 Å². The highest BCUT2D eigenvalue weighted by atomic mass is 35.5. The molecule has 0 radical (unpaired) electrons. The Balaban J connectivity index is 1.61. The Bertz CT molecular complexity index is 1220. The number of halogens is 2. The number of amides is 3. The van der Waals surface area contributed by atoms with Crippen molar-refractivity contribution in [3.8, 4) is 0 Å². The van der Waals surface area contributed by atoms with Gasteiger partial charge in [-0.2, -0.15) is 0 Å². The van der Waals surface area contributed by atoms with E-state index in [4.69, 9.17) is 23.2 Å². The minimum atomic E-state index is -1.10. The number of nitrogens with zero attached hydrogens (tertiary/aromatic N) is 2. The van der Waals surface area contributed by atoms with Crippen molar-refractivity contribution in [3.05, 3.63) is 69.3 Å². The molecule has 2 heterocycles. The number of carboxylic acids is 1. The molecule has 1 aliphatic rings. The summed E-state index contributed by atoms with van der Waals surface area (Å²) in [5.41, 5.74) is 1.81. The minimum Gasteiger partial charge on any atom is -0.477 e. The van der Waals surface area contributed by atoms with Gasteiger partial charge in [-0.25, -0.2) is 9.59 Å². The Kier molecular flexibility index (Phi) is 6.25. The van der Waals surface area contributed by atoms with Crippen molar-refractivity contribution in [2.24, 2.45) is 0 Å². The number of benzene rings is 2. The van der Waals surface area contributed by atoms with E-state index in [0.29, 0.717) is 52.7 Å². The molecule has 3 amide bonds. The highest BCUT2D eigenvalue weighted by molar-refractivity contribution is 6.42. The summed E-state index contributed by atoms with van der Waals surface area (Å²) >= 11 is 12.1. The Morgan fingerprint density at radius 1 is 1.12 bits per heavy atom. The van der Waals surface area contributed by atoms with Crippen LogP contribution in [-0.4, -0.2) is 58.7 Å². The van der Waals surface area contributed by atoms with Gasteiger partial charge in [-0.3, -0.25) is 4.79 Å². The topological polar surface area (TPSA) is 104 Å². The second-order valence-corrected chi connectivity index (χ2v) is 8.20. The number of aromatic nitrogens is 1. The predicted octanol–water partition coefficient (Wildman–Crippen LogP) is 3.45. The molecule has 1 fully saturated rings. The fourth-order valence-corrected chi connectivity index (χ4v) is 4.10. The van der Waals surface area contributed by atoms with Crippen molar-refractivity contribution in [1.29, 1.82) is 0 Å². The van der Waals surface area contributed by atoms with Gasteiger partial charge in [-0.05, 0) is 35.9 Å². The maximum absolute atomic E-state index is 12.8. The molecule has 0 aliphatic carbocycles. The van der Waals surface area contributed by atoms with E-state index >= 15 is 0 Å². The van der Waals surface area contributed by atoms with E-state index in [2.05, 4.69) is 10.6 Å². The molecule has 166 valence electrons. The lowest BCUT2D eigenvalue weighted by Crippen LogP contribution is -2.36. The lowest BCUT2D eigenvalue weighted by Gasteiger charge is -2.14. The highest BCUT2D eigenvalue weighted by Gasteiger charge is 2.21. The van der Waals surface area contributed by atoms with E-state index in [1.165, 1.54) is 6.07 Å². The molecule has 1 aromatic heterocycles. The number of hydrogen-bond acceptors (Lipinski definition) is 3. The quantitative estimate of drug-likeness (QED) is 0.487. The SMILES string of the molecule is O=C(NCCN1CCNC1=O)c1cccc2c1cc(C(=O)O)n2Cc1ccc(Cl)c(Cl)c1. The zero-order valence-corrected chi connectivity index (χ0v) is 18.4. The number of hydrogen-bond donors (Lipinski definition) is 3. The Morgan fingerprint density at radius 2 is 1.94 bits per heavy atom. The van der Waals surface area contributed by atoms with E-state index in [1.54, 1.807) is 45.9 Å². The Morgan fingerprint density at radius 3 is 2.62 bits per heavy atom. The van der Waals surface area contributed by atoms with E-state index in [0.717, 1.165) is 5.56 Å². The van der Waals surface area contributed by atoms with Crippen LogP contribution >= 0.6 is 23.2 Å². The molecule has 32 heavy (non-hydrogen) atoms. The average Bonchev–Trinajstić information content (AvgIpc) is 3.34. The summed E-state index contributed by atoms with van der Waals surface area (Å²) in [5.74, 6) is -1.44. The maximum Gasteiger partial charge on any atom is 0.352 e. The van der Waals surface area contributed by atoms with Crippen LogP contribution in [0.3, 0.4) is 0 Å². The van der Waals surface area contributed by atoms with Gasteiger partial charge < -0.3 is 25.2 Å². The first-order valence-corrected chi connectivity index (χ1v) is 10.7. The van der Waals surface area contributed by atoms with Crippen LogP contribution in [0.25, 0.3) is 10.9 Å². The molecular formula is C22H20Cl2N4O4. The number of rotatable bonds is 7. The van der Waals surface area contributed by atoms with Gasteiger partial charge in [0.25, 0.3) is 5.91 Å². The third-order valence-corrected chi connectivity index (χ3v) is 6.09. The number of carbonyl (C=O) groups excluding carboxylic acids is 2. The van der Waals surface area contributed by atoms with E-state index in [1.807, 2.05) is 0 Å². The first-order valence-electron chi connectivity index (χ1n) is 9.95. The summed E-state index contributed by atoms with van der Waals surface area (Å²) in [6.45, 7) is 2.13. The van der Waals surface area contributed by atoms with Crippen molar-refractivity contribution in [1.82, 2.24) is 20.1 Å². The van der Waals surface area contributed by atoms with Crippen LogP contribution in [0, 0.1) is 0 Å². The standard InChI is InChI=1S/C22H20Cl2N4O4/c23-16-5-4-13(10-17(16)24)12-28-18-3-1-2-14(15(18)11-19(28)21(30)31)20(29)25-6-8-27-9-7-26-22(27)32/h1-5,10-11H,6-9,12H2,(H,25,29)(H,26,32)(H,30,31). The summed E-state index contributed by atoms with van der Waals surface area (Å²) in [5, 5.41) is 16.6. The number of fused-ring (bicyclic) bond motifs is 1. The zero-order valence-electron chi connectivity index (χ0n) is 16.9. The molecule has 1 saturated heterocycles. The number of nitrogens with one attached hydrogen (secondary N) is 2. The number of carboxylic acid groups (broad SMARTS) is 1. The lowest BCUT2D eigenvalue weighted by molar-refractivity contribution is 0.0686. The summed E-state index contributed by atoms with van der Waals surface area (Å²) in [6, 6.07) is 11.6. The number of urea groups is 1. The molecule has 0 unspecified atom stereocenters. The summed E-state index contributed by atoms with van der Waals surface area (Å²) in [7, 11) is 0. The summed E-state index contributed by atoms with van der Waals surface area (Å²) in [4.78, 5) is 38.0. The summed E-state index contributed by atoms with van der Waals surface area (Å²) in [6.07, 6.45) is 0. The van der Waals surface area contributed by atoms with Gasteiger partial charge in [0.1, 0.15) is 5.69 Å². The summed E-state index contributed by atoms with van der Waals surface area (Å²) < 4.78 is 1.63. The molecule has 3 aromatic rings. The molecule has 1 aliphatic heterocycles. The van der Waals surface area contributed by atoms with Crippen molar-refractivity contribution in [2.75, 3.05) is 26.2 Å². The second kappa shape index (κ2) is 9.10. The smallest absolute Gasteiger partial charge is 0.352 e. The third-order valence-electron chi connectivity index (χ3n) is 5.35. The van der Waals surface area contributed by atoms with Gasteiger partial charge in [0, 0.05) is 49.2 Å². The second-order valence-electron chi connectivity index (χ2n) is 7.38. The van der Waals surface area contributed by atoms with E-state index in [9.17, 15) is 19.5 Å². The number of aromatic carboxylic acids is 1. The Hall–Kier alpha value is -3.23. The maximum atomic E-state index is 12.8. The molecule has 0 bridgehead atoms.